The van der Waals surface area contributed by atoms with Gasteiger partial charge in [-0.2, -0.15) is 4.89 Å². The molecule has 15 heavy (non-hydrogen) atoms. The first-order valence-corrected chi connectivity index (χ1v) is 4.52. The van der Waals surface area contributed by atoms with Gasteiger partial charge in [-0.3, -0.25) is 0 Å². The molecule has 0 spiro atoms. The molecule has 0 bridgehead atoms. The number of rotatable bonds is 0. The van der Waals surface area contributed by atoms with E-state index < -0.39 is 6.09 Å². The highest BCUT2D eigenvalue weighted by Gasteiger charge is 2.08. The van der Waals surface area contributed by atoms with E-state index >= 15 is 0 Å². The second kappa shape index (κ2) is 5.87. The lowest BCUT2D eigenvalue weighted by Gasteiger charge is -2.14. The maximum atomic E-state index is 9.26. The first-order chi connectivity index (χ1) is 7.24. The van der Waals surface area contributed by atoms with Crippen molar-refractivity contribution in [3.05, 3.63) is 29.8 Å². The Hall–Kier alpha value is -1.75. The predicted octanol–water partition coefficient (Wildman–Crippen LogP) is 1.44. The van der Waals surface area contributed by atoms with E-state index in [0.717, 1.165) is 12.2 Å². The lowest BCUT2D eigenvalue weighted by atomic mass is 10.1. The maximum absolute atomic E-state index is 9.26. The highest BCUT2D eigenvalue weighted by molar-refractivity contribution is 5.63. The normalized spacial score (nSPS) is 12.6. The summed E-state index contributed by atoms with van der Waals surface area (Å²) in [5, 5.41) is 9.56. The minimum absolute atomic E-state index is 0.664. The monoisotopic (exact) mass is 211 g/mol. The molecule has 0 aromatic heterocycles. The van der Waals surface area contributed by atoms with Crippen molar-refractivity contribution in [1.29, 1.82) is 0 Å². The van der Waals surface area contributed by atoms with Crippen LogP contribution in [0.2, 0.25) is 0 Å². The zero-order valence-corrected chi connectivity index (χ0v) is 8.40. The van der Waals surface area contributed by atoms with Crippen molar-refractivity contribution in [1.82, 2.24) is 5.32 Å². The van der Waals surface area contributed by atoms with Gasteiger partial charge in [0.25, 0.3) is 0 Å². The van der Waals surface area contributed by atoms with Crippen LogP contribution in [0, 0.1) is 0 Å². The summed E-state index contributed by atoms with van der Waals surface area (Å²) in [4.78, 5) is 19.0. The molecule has 0 radical (unpaired) electrons. The maximum Gasteiger partial charge on any atom is 0.404 e. The predicted molar refractivity (Wildman–Crippen MR) is 53.8 cm³/mol. The Morgan fingerprint density at radius 2 is 2.13 bits per heavy atom. The molecule has 1 aliphatic heterocycles. The minimum Gasteiger partial charge on any atom is -0.465 e. The topological polar surface area (TPSA) is 67.8 Å². The third-order valence-corrected chi connectivity index (χ3v) is 1.79. The van der Waals surface area contributed by atoms with E-state index in [4.69, 9.17) is 14.9 Å². The molecule has 2 rings (SSSR count). The molecule has 0 saturated heterocycles. The molecule has 0 fully saturated rings. The van der Waals surface area contributed by atoms with Crippen LogP contribution in [-0.2, 0) is 11.3 Å². The molecule has 1 amide bonds. The van der Waals surface area contributed by atoms with Gasteiger partial charge in [0.2, 0.25) is 0 Å². The molecule has 0 atom stereocenters. The molecule has 0 aliphatic carbocycles. The van der Waals surface area contributed by atoms with E-state index in [-0.39, 0.29) is 0 Å². The number of benzene rings is 1. The number of hydrogen-bond acceptors (Lipinski definition) is 3. The first kappa shape index (κ1) is 11.3. The summed E-state index contributed by atoms with van der Waals surface area (Å²) >= 11 is 0. The average Bonchev–Trinajstić information content (AvgIpc) is 2.30. The summed E-state index contributed by atoms with van der Waals surface area (Å²) in [5.74, 6) is 0.855. The Balaban J connectivity index is 0.000000195. The van der Waals surface area contributed by atoms with Gasteiger partial charge in [0.15, 0.2) is 5.75 Å². The molecular weight excluding hydrogens is 198 g/mol. The van der Waals surface area contributed by atoms with Crippen molar-refractivity contribution in [2.45, 2.75) is 6.42 Å². The number of carboxylic acid groups (broad SMARTS) is 1. The van der Waals surface area contributed by atoms with Crippen LogP contribution >= 0.6 is 0 Å². The van der Waals surface area contributed by atoms with Crippen LogP contribution in [0.25, 0.3) is 0 Å². The Labute approximate surface area is 87.6 Å². The van der Waals surface area contributed by atoms with E-state index in [2.05, 4.69) is 6.07 Å². The quantitative estimate of drug-likeness (QED) is 0.637. The van der Waals surface area contributed by atoms with Gasteiger partial charge in [-0.15, -0.1) is 0 Å². The minimum atomic E-state index is -0.995. The average molecular weight is 211 g/mol. The van der Waals surface area contributed by atoms with Crippen molar-refractivity contribution in [3.8, 4) is 5.75 Å². The second-order valence-corrected chi connectivity index (χ2v) is 2.82. The molecule has 0 unspecified atom stereocenters. The Kier molecular flexibility index (Phi) is 4.43. The fourth-order valence-electron chi connectivity index (χ4n) is 1.05. The van der Waals surface area contributed by atoms with Gasteiger partial charge in [-0.25, -0.2) is 4.79 Å². The van der Waals surface area contributed by atoms with E-state index in [9.17, 15) is 4.79 Å². The Bertz CT molecular complexity index is 302. The van der Waals surface area contributed by atoms with Crippen LogP contribution in [-0.4, -0.2) is 24.9 Å². The molecule has 2 N–H and O–H groups in total. The van der Waals surface area contributed by atoms with Crippen molar-refractivity contribution >= 4 is 6.09 Å². The highest BCUT2D eigenvalue weighted by Crippen LogP contribution is 2.21. The van der Waals surface area contributed by atoms with Gasteiger partial charge in [0, 0.05) is 19.0 Å². The third kappa shape index (κ3) is 3.86. The fourth-order valence-corrected chi connectivity index (χ4v) is 1.05. The molecule has 1 heterocycles. The van der Waals surface area contributed by atoms with Crippen molar-refractivity contribution in [2.24, 2.45) is 0 Å². The van der Waals surface area contributed by atoms with Gasteiger partial charge in [0.05, 0.1) is 6.61 Å². The zero-order chi connectivity index (χ0) is 11.1. The number of nitrogens with one attached hydrogen (secondary N) is 1. The van der Waals surface area contributed by atoms with E-state index in [1.54, 1.807) is 0 Å². The summed E-state index contributed by atoms with van der Waals surface area (Å²) in [6, 6.07) is 7.91. The number of amides is 1. The molecule has 1 aromatic carbocycles. The van der Waals surface area contributed by atoms with Crippen LogP contribution in [0.1, 0.15) is 5.56 Å². The summed E-state index contributed by atoms with van der Waals surface area (Å²) in [5.41, 5.74) is 1.23. The smallest absolute Gasteiger partial charge is 0.404 e. The number of hydrogen-bond donors (Lipinski definition) is 2. The number of fused-ring (bicyclic) bond motifs is 1. The van der Waals surface area contributed by atoms with E-state index in [1.807, 2.05) is 23.5 Å². The largest absolute Gasteiger partial charge is 0.465 e. The Morgan fingerprint density at radius 3 is 2.73 bits per heavy atom. The molecule has 82 valence electrons. The SMILES string of the molecule is CNC(=O)O.c1ccc2c(c1)CCOO2. The van der Waals surface area contributed by atoms with Gasteiger partial charge in [-0.05, 0) is 6.07 Å². The lowest BCUT2D eigenvalue weighted by Crippen LogP contribution is -2.13. The molecule has 1 aromatic rings. The van der Waals surface area contributed by atoms with Gasteiger partial charge in [0.1, 0.15) is 0 Å². The van der Waals surface area contributed by atoms with Crippen molar-refractivity contribution in [3.63, 3.8) is 0 Å². The molecule has 5 nitrogen and oxygen atoms in total. The molecule has 1 aliphatic rings. The van der Waals surface area contributed by atoms with Crippen LogP contribution in [0.4, 0.5) is 4.79 Å². The number of carbonyl (C=O) groups is 1. The van der Waals surface area contributed by atoms with E-state index in [1.165, 1.54) is 12.6 Å². The van der Waals surface area contributed by atoms with Crippen LogP contribution in [0.15, 0.2) is 24.3 Å². The highest BCUT2D eigenvalue weighted by atomic mass is 17.2. The van der Waals surface area contributed by atoms with Crippen molar-refractivity contribution < 1.29 is 19.7 Å². The summed E-state index contributed by atoms with van der Waals surface area (Å²) < 4.78 is 0. The van der Waals surface area contributed by atoms with Crippen LogP contribution < -0.4 is 10.2 Å². The summed E-state index contributed by atoms with van der Waals surface area (Å²) in [6.45, 7) is 0.664. The van der Waals surface area contributed by atoms with Crippen LogP contribution in [0.3, 0.4) is 0 Å². The second-order valence-electron chi connectivity index (χ2n) is 2.82. The fraction of sp³-hybridized carbons (Fsp3) is 0.300. The standard InChI is InChI=1S/C8H8O2.C2H5NO2/c1-2-4-8-7(3-1)5-6-9-10-8;1-3-2(4)5/h1-4H,5-6H2;3H,1H3,(H,4,5). The van der Waals surface area contributed by atoms with Crippen molar-refractivity contribution in [2.75, 3.05) is 13.7 Å². The summed E-state index contributed by atoms with van der Waals surface area (Å²) in [6.07, 6.45) is -0.0408. The van der Waals surface area contributed by atoms with Gasteiger partial charge >= 0.3 is 6.09 Å². The van der Waals surface area contributed by atoms with Gasteiger partial charge in [-0.1, -0.05) is 18.2 Å². The first-order valence-electron chi connectivity index (χ1n) is 4.52. The third-order valence-electron chi connectivity index (χ3n) is 1.79. The lowest BCUT2D eigenvalue weighted by molar-refractivity contribution is -0.215. The molecular formula is C10H13NO4. The Morgan fingerprint density at radius 1 is 1.47 bits per heavy atom. The molecule has 5 heteroatoms. The molecule has 0 saturated carbocycles. The summed E-state index contributed by atoms with van der Waals surface area (Å²) in [7, 11) is 1.35. The number of para-hydroxylation sites is 1. The van der Waals surface area contributed by atoms with Gasteiger partial charge < -0.3 is 15.3 Å². The van der Waals surface area contributed by atoms with E-state index in [0.29, 0.717) is 6.61 Å². The zero-order valence-electron chi connectivity index (χ0n) is 8.40. The van der Waals surface area contributed by atoms with Crippen LogP contribution in [0.5, 0.6) is 5.75 Å².